The highest BCUT2D eigenvalue weighted by molar-refractivity contribution is 6.06. The Hall–Kier alpha value is -4.07. The number of ether oxygens (including phenoxy) is 2. The van der Waals surface area contributed by atoms with Crippen molar-refractivity contribution in [1.29, 1.82) is 0 Å². The zero-order valence-corrected chi connectivity index (χ0v) is 19.9. The maximum atomic E-state index is 12.5. The van der Waals surface area contributed by atoms with Crippen molar-refractivity contribution in [2.24, 2.45) is 7.05 Å². The molecule has 34 heavy (non-hydrogen) atoms. The monoisotopic (exact) mass is 462 g/mol. The quantitative estimate of drug-likeness (QED) is 0.442. The molecule has 0 unspecified atom stereocenters. The second-order valence-corrected chi connectivity index (χ2v) is 7.78. The number of methoxy groups -OCH3 is 1. The molecule has 0 saturated carbocycles. The molecular weight excluding hydrogens is 432 g/mol. The van der Waals surface area contributed by atoms with Crippen LogP contribution in [0.5, 0.6) is 11.5 Å². The number of amides is 2. The number of rotatable bonds is 10. The van der Waals surface area contributed by atoms with Gasteiger partial charge in [-0.2, -0.15) is 5.10 Å². The number of carbonyl (C=O) groups excluding carboxylic acids is 2. The third-order valence-electron chi connectivity index (χ3n) is 5.09. The molecule has 8 heteroatoms. The Bertz CT molecular complexity index is 1170. The number of benzene rings is 2. The van der Waals surface area contributed by atoms with Crippen LogP contribution in [0.3, 0.4) is 0 Å². The van der Waals surface area contributed by atoms with Gasteiger partial charge < -0.3 is 20.1 Å². The SMILES string of the molecule is CCCNC(=O)c1c(NC(=O)/C=C/c2ccc(OC)c(COc3ccc(C)cc3)c2)cnn1C. The third-order valence-corrected chi connectivity index (χ3v) is 5.09. The highest BCUT2D eigenvalue weighted by atomic mass is 16.5. The minimum Gasteiger partial charge on any atom is -0.496 e. The molecule has 0 fully saturated rings. The van der Waals surface area contributed by atoms with E-state index in [0.717, 1.165) is 28.9 Å². The fraction of sp³-hybridized carbons (Fsp3) is 0.269. The van der Waals surface area contributed by atoms with Crippen molar-refractivity contribution in [3.05, 3.63) is 77.1 Å². The molecule has 0 radical (unpaired) electrons. The number of carbonyl (C=O) groups is 2. The van der Waals surface area contributed by atoms with Gasteiger partial charge in [-0.25, -0.2) is 0 Å². The van der Waals surface area contributed by atoms with Crippen molar-refractivity contribution < 1.29 is 19.1 Å². The first kappa shape index (κ1) is 24.6. The summed E-state index contributed by atoms with van der Waals surface area (Å²) in [5, 5.41) is 9.61. The van der Waals surface area contributed by atoms with Crippen LogP contribution in [-0.4, -0.2) is 35.2 Å². The standard InChI is InChI=1S/C26H30N4O4/c1-5-14-27-26(32)25-22(16-28-30(25)3)29-24(31)13-9-19-8-12-23(33-4)20(15-19)17-34-21-10-6-18(2)7-11-21/h6-13,15-16H,5,14,17H2,1-4H3,(H,27,32)(H,29,31)/b13-9+. The average molecular weight is 463 g/mol. The molecule has 2 amide bonds. The van der Waals surface area contributed by atoms with E-state index in [4.69, 9.17) is 9.47 Å². The van der Waals surface area contributed by atoms with Gasteiger partial charge in [0.05, 0.1) is 19.0 Å². The van der Waals surface area contributed by atoms with Gasteiger partial charge in [-0.15, -0.1) is 0 Å². The number of aryl methyl sites for hydroxylation is 2. The lowest BCUT2D eigenvalue weighted by molar-refractivity contribution is -0.111. The van der Waals surface area contributed by atoms with Crippen molar-refractivity contribution in [2.45, 2.75) is 26.9 Å². The van der Waals surface area contributed by atoms with E-state index in [2.05, 4.69) is 15.7 Å². The minimum atomic E-state index is -0.370. The summed E-state index contributed by atoms with van der Waals surface area (Å²) in [4.78, 5) is 24.9. The molecule has 178 valence electrons. The van der Waals surface area contributed by atoms with E-state index in [-0.39, 0.29) is 11.8 Å². The first-order valence-electron chi connectivity index (χ1n) is 11.1. The van der Waals surface area contributed by atoms with E-state index in [0.29, 0.717) is 30.3 Å². The molecule has 0 bridgehead atoms. The van der Waals surface area contributed by atoms with E-state index in [1.54, 1.807) is 20.2 Å². The molecule has 1 aromatic heterocycles. The van der Waals surface area contributed by atoms with Crippen molar-refractivity contribution >= 4 is 23.6 Å². The molecule has 0 aliphatic rings. The smallest absolute Gasteiger partial charge is 0.271 e. The van der Waals surface area contributed by atoms with Crippen LogP contribution in [-0.2, 0) is 18.4 Å². The number of nitrogens with one attached hydrogen (secondary N) is 2. The lowest BCUT2D eigenvalue weighted by Gasteiger charge is -2.11. The maximum Gasteiger partial charge on any atom is 0.271 e. The fourth-order valence-electron chi connectivity index (χ4n) is 3.28. The lowest BCUT2D eigenvalue weighted by atomic mass is 10.1. The second-order valence-electron chi connectivity index (χ2n) is 7.78. The van der Waals surface area contributed by atoms with Crippen LogP contribution in [0.15, 0.2) is 54.7 Å². The highest BCUT2D eigenvalue weighted by Gasteiger charge is 2.17. The Balaban J connectivity index is 1.68. The molecule has 0 spiro atoms. The van der Waals surface area contributed by atoms with Gasteiger partial charge in [-0.05, 0) is 49.2 Å². The van der Waals surface area contributed by atoms with Crippen LogP contribution in [0.1, 0.15) is 40.5 Å². The molecule has 1 heterocycles. The van der Waals surface area contributed by atoms with Crippen LogP contribution in [0.4, 0.5) is 5.69 Å². The molecule has 2 N–H and O–H groups in total. The fourth-order valence-corrected chi connectivity index (χ4v) is 3.28. The summed E-state index contributed by atoms with van der Waals surface area (Å²) in [6, 6.07) is 13.4. The zero-order valence-electron chi connectivity index (χ0n) is 19.9. The topological polar surface area (TPSA) is 94.5 Å². The summed E-state index contributed by atoms with van der Waals surface area (Å²) in [5.41, 5.74) is 3.48. The van der Waals surface area contributed by atoms with Crippen LogP contribution >= 0.6 is 0 Å². The first-order chi connectivity index (χ1) is 16.4. The van der Waals surface area contributed by atoms with Crippen LogP contribution in [0.25, 0.3) is 6.08 Å². The van der Waals surface area contributed by atoms with Crippen molar-refractivity contribution in [3.63, 3.8) is 0 Å². The van der Waals surface area contributed by atoms with Gasteiger partial charge in [-0.3, -0.25) is 14.3 Å². The van der Waals surface area contributed by atoms with Gasteiger partial charge in [0.2, 0.25) is 5.91 Å². The zero-order chi connectivity index (χ0) is 24.5. The molecule has 0 atom stereocenters. The number of hydrogen-bond acceptors (Lipinski definition) is 5. The average Bonchev–Trinajstić information content (AvgIpc) is 3.20. The molecule has 0 saturated heterocycles. The lowest BCUT2D eigenvalue weighted by Crippen LogP contribution is -2.27. The molecule has 3 rings (SSSR count). The molecule has 2 aromatic carbocycles. The predicted molar refractivity (Wildman–Crippen MR) is 132 cm³/mol. The number of anilines is 1. The van der Waals surface area contributed by atoms with Crippen molar-refractivity contribution in [2.75, 3.05) is 19.0 Å². The van der Waals surface area contributed by atoms with Gasteiger partial charge in [0.25, 0.3) is 5.91 Å². The highest BCUT2D eigenvalue weighted by Crippen LogP contribution is 2.23. The Kier molecular flexibility index (Phi) is 8.45. The molecule has 0 aliphatic heterocycles. The number of nitrogens with zero attached hydrogens (tertiary/aromatic N) is 2. The third kappa shape index (κ3) is 6.48. The largest absolute Gasteiger partial charge is 0.496 e. The summed E-state index contributed by atoms with van der Waals surface area (Å²) in [7, 11) is 3.26. The predicted octanol–water partition coefficient (Wildman–Crippen LogP) is 4.11. The summed E-state index contributed by atoms with van der Waals surface area (Å²) < 4.78 is 12.8. The van der Waals surface area contributed by atoms with E-state index in [1.165, 1.54) is 17.0 Å². The van der Waals surface area contributed by atoms with Gasteiger partial charge in [0.15, 0.2) is 0 Å². The van der Waals surface area contributed by atoms with Crippen molar-refractivity contribution in [1.82, 2.24) is 15.1 Å². The van der Waals surface area contributed by atoms with Crippen LogP contribution in [0.2, 0.25) is 0 Å². The summed E-state index contributed by atoms with van der Waals surface area (Å²) in [6.45, 7) is 4.86. The van der Waals surface area contributed by atoms with Gasteiger partial charge in [-0.1, -0.05) is 30.7 Å². The molecule has 8 nitrogen and oxygen atoms in total. The summed E-state index contributed by atoms with van der Waals surface area (Å²) in [6.07, 6.45) is 5.37. The summed E-state index contributed by atoms with van der Waals surface area (Å²) in [5.74, 6) is 0.815. The Labute approximate surface area is 199 Å². The van der Waals surface area contributed by atoms with E-state index < -0.39 is 0 Å². The van der Waals surface area contributed by atoms with E-state index in [9.17, 15) is 9.59 Å². The normalized spacial score (nSPS) is 10.8. The first-order valence-corrected chi connectivity index (χ1v) is 11.1. The van der Waals surface area contributed by atoms with Crippen molar-refractivity contribution in [3.8, 4) is 11.5 Å². The van der Waals surface area contributed by atoms with Crippen LogP contribution in [0, 0.1) is 6.92 Å². The second kappa shape index (κ2) is 11.7. The minimum absolute atomic E-state index is 0.283. The number of hydrogen-bond donors (Lipinski definition) is 2. The Morgan fingerprint density at radius 2 is 1.91 bits per heavy atom. The number of aromatic nitrogens is 2. The molecule has 0 aliphatic carbocycles. The van der Waals surface area contributed by atoms with Gasteiger partial charge in [0, 0.05) is 25.2 Å². The van der Waals surface area contributed by atoms with Gasteiger partial charge in [0.1, 0.15) is 23.8 Å². The molecule has 3 aromatic rings. The molecular formula is C26H30N4O4. The summed E-state index contributed by atoms with van der Waals surface area (Å²) >= 11 is 0. The van der Waals surface area contributed by atoms with Gasteiger partial charge >= 0.3 is 0 Å². The Morgan fingerprint density at radius 1 is 1.15 bits per heavy atom. The Morgan fingerprint density at radius 3 is 2.62 bits per heavy atom. The maximum absolute atomic E-state index is 12.5. The van der Waals surface area contributed by atoms with E-state index in [1.807, 2.05) is 56.3 Å². The van der Waals surface area contributed by atoms with Crippen LogP contribution < -0.4 is 20.1 Å². The van der Waals surface area contributed by atoms with E-state index >= 15 is 0 Å².